The van der Waals surface area contributed by atoms with Gasteiger partial charge in [-0.25, -0.2) is 9.59 Å². The van der Waals surface area contributed by atoms with Crippen LogP contribution in [0.3, 0.4) is 0 Å². The van der Waals surface area contributed by atoms with Crippen molar-refractivity contribution in [1.82, 2.24) is 4.98 Å². The maximum absolute atomic E-state index is 12.6. The Hall–Kier alpha value is -3.60. The highest BCUT2D eigenvalue weighted by molar-refractivity contribution is 6.03. The highest BCUT2D eigenvalue weighted by Gasteiger charge is 2.27. The molecule has 0 aliphatic carbocycles. The van der Waals surface area contributed by atoms with Crippen molar-refractivity contribution in [2.24, 2.45) is 0 Å². The van der Waals surface area contributed by atoms with Crippen LogP contribution in [0.4, 0.5) is 0 Å². The molecule has 0 amide bonds. The summed E-state index contributed by atoms with van der Waals surface area (Å²) in [7, 11) is 1.26. The molecule has 1 N–H and O–H groups in total. The number of nitrogens with one attached hydrogen (secondary N) is 1. The maximum atomic E-state index is 12.6. The molecule has 0 radical (unpaired) electrons. The van der Waals surface area contributed by atoms with E-state index in [0.29, 0.717) is 22.6 Å². The lowest BCUT2D eigenvalue weighted by Crippen LogP contribution is -2.28. The third-order valence-electron chi connectivity index (χ3n) is 4.09. The number of nitrogens with zero attached hydrogens (tertiary/aromatic N) is 1. The molecule has 0 aliphatic heterocycles. The lowest BCUT2D eigenvalue weighted by molar-refractivity contribution is -0.148. The number of Topliss-reactive ketones (excluding diaryl/α,β-unsaturated/α-hetero) is 1. The van der Waals surface area contributed by atoms with E-state index in [1.165, 1.54) is 14.0 Å². The minimum absolute atomic E-state index is 0.186. The average Bonchev–Trinajstić information content (AvgIpc) is 2.99. The number of aromatic amines is 1. The minimum Gasteiger partial charge on any atom is -0.482 e. The topological polar surface area (TPSA) is 118 Å². The molecule has 0 aliphatic rings. The SMILES string of the molecule is COC(=O)c1c(C)[nH]c(C(=O)[C@@H](C)OC(=O)COc2ccc(C#N)cc2)c1C. The molecule has 2 rings (SSSR count). The molecule has 2 aromatic rings. The van der Waals surface area contributed by atoms with Crippen LogP contribution in [0.1, 0.15) is 44.6 Å². The van der Waals surface area contributed by atoms with Crippen LogP contribution in [0.15, 0.2) is 24.3 Å². The van der Waals surface area contributed by atoms with Gasteiger partial charge in [-0.1, -0.05) is 0 Å². The van der Waals surface area contributed by atoms with Crippen LogP contribution in [0.25, 0.3) is 0 Å². The second-order valence-electron chi connectivity index (χ2n) is 6.04. The number of nitriles is 1. The summed E-state index contributed by atoms with van der Waals surface area (Å²) in [6, 6.07) is 8.20. The van der Waals surface area contributed by atoms with Crippen LogP contribution in [-0.4, -0.2) is 42.5 Å². The Morgan fingerprint density at radius 1 is 1.18 bits per heavy atom. The fourth-order valence-corrected chi connectivity index (χ4v) is 2.66. The summed E-state index contributed by atoms with van der Waals surface area (Å²) < 4.78 is 15.1. The first kappa shape index (κ1) is 20.7. The zero-order chi connectivity index (χ0) is 20.8. The molecule has 0 unspecified atom stereocenters. The summed E-state index contributed by atoms with van der Waals surface area (Å²) in [5, 5.41) is 8.75. The number of esters is 2. The van der Waals surface area contributed by atoms with E-state index in [-0.39, 0.29) is 17.9 Å². The van der Waals surface area contributed by atoms with E-state index in [1.54, 1.807) is 38.1 Å². The molecule has 0 fully saturated rings. The van der Waals surface area contributed by atoms with E-state index < -0.39 is 23.8 Å². The third-order valence-corrected chi connectivity index (χ3v) is 4.09. The fourth-order valence-electron chi connectivity index (χ4n) is 2.66. The molecule has 8 heteroatoms. The van der Waals surface area contributed by atoms with Crippen LogP contribution in [0, 0.1) is 25.2 Å². The molecule has 1 atom stereocenters. The largest absolute Gasteiger partial charge is 0.482 e. The fraction of sp³-hybridized carbons (Fsp3) is 0.300. The van der Waals surface area contributed by atoms with Gasteiger partial charge < -0.3 is 19.2 Å². The summed E-state index contributed by atoms with van der Waals surface area (Å²) >= 11 is 0. The Morgan fingerprint density at radius 2 is 1.82 bits per heavy atom. The van der Waals surface area contributed by atoms with E-state index >= 15 is 0 Å². The van der Waals surface area contributed by atoms with Crippen molar-refractivity contribution in [3.63, 3.8) is 0 Å². The standard InChI is InChI=1S/C20H20N2O6/c1-11-17(20(25)26-4)12(2)22-18(11)19(24)13(3)28-16(23)10-27-15-7-5-14(9-21)6-8-15/h5-8,13,22H,10H2,1-4H3/t13-/m1/s1. The molecule has 0 saturated carbocycles. The number of methoxy groups -OCH3 is 1. The van der Waals surface area contributed by atoms with Crippen LogP contribution in [-0.2, 0) is 14.3 Å². The molecule has 8 nitrogen and oxygen atoms in total. The smallest absolute Gasteiger partial charge is 0.344 e. The van der Waals surface area contributed by atoms with Crippen LogP contribution < -0.4 is 4.74 Å². The predicted molar refractivity (Wildman–Crippen MR) is 98.1 cm³/mol. The number of ketones is 1. The van der Waals surface area contributed by atoms with E-state index in [9.17, 15) is 14.4 Å². The summed E-state index contributed by atoms with van der Waals surface area (Å²) in [6.07, 6.45) is -1.07. The Bertz CT molecular complexity index is 937. The average molecular weight is 384 g/mol. The molecule has 1 aromatic carbocycles. The molecule has 1 aromatic heterocycles. The summed E-state index contributed by atoms with van der Waals surface area (Å²) in [5.41, 5.74) is 1.87. The third kappa shape index (κ3) is 4.57. The molecule has 146 valence electrons. The monoisotopic (exact) mass is 384 g/mol. The van der Waals surface area contributed by atoms with Crippen molar-refractivity contribution in [3.05, 3.63) is 52.3 Å². The van der Waals surface area contributed by atoms with Crippen molar-refractivity contribution < 1.29 is 28.6 Å². The predicted octanol–water partition coefficient (Wildman–Crippen LogP) is 2.48. The van der Waals surface area contributed by atoms with Gasteiger partial charge in [0.2, 0.25) is 5.78 Å². The second-order valence-corrected chi connectivity index (χ2v) is 6.04. The number of aromatic nitrogens is 1. The zero-order valence-corrected chi connectivity index (χ0v) is 16.0. The van der Waals surface area contributed by atoms with Crippen LogP contribution in [0.2, 0.25) is 0 Å². The van der Waals surface area contributed by atoms with Gasteiger partial charge >= 0.3 is 11.9 Å². The van der Waals surface area contributed by atoms with E-state index in [1.807, 2.05) is 6.07 Å². The highest BCUT2D eigenvalue weighted by Crippen LogP contribution is 2.21. The van der Waals surface area contributed by atoms with Gasteiger partial charge in [0.25, 0.3) is 0 Å². The quantitative estimate of drug-likeness (QED) is 0.575. The summed E-state index contributed by atoms with van der Waals surface area (Å²) in [5.74, 6) is -1.35. The number of rotatable bonds is 7. The van der Waals surface area contributed by atoms with Gasteiger partial charge in [0.1, 0.15) is 5.75 Å². The zero-order valence-electron chi connectivity index (χ0n) is 16.0. The lowest BCUT2D eigenvalue weighted by atomic mass is 10.1. The Balaban J connectivity index is 1.99. The Labute approximate surface area is 162 Å². The Morgan fingerprint density at radius 3 is 2.39 bits per heavy atom. The van der Waals surface area contributed by atoms with Crippen molar-refractivity contribution in [1.29, 1.82) is 5.26 Å². The minimum atomic E-state index is -1.07. The number of carbonyl (C=O) groups excluding carboxylic acids is 3. The summed E-state index contributed by atoms with van der Waals surface area (Å²) in [6.45, 7) is 4.32. The number of hydrogen-bond acceptors (Lipinski definition) is 7. The number of H-pyrrole nitrogens is 1. The molecule has 0 saturated heterocycles. The van der Waals surface area contributed by atoms with Gasteiger partial charge in [0.15, 0.2) is 12.7 Å². The molecular weight excluding hydrogens is 364 g/mol. The second kappa shape index (κ2) is 8.86. The summed E-state index contributed by atoms with van der Waals surface area (Å²) in [4.78, 5) is 39.2. The van der Waals surface area contributed by atoms with Crippen LogP contribution in [0.5, 0.6) is 5.75 Å². The van der Waals surface area contributed by atoms with E-state index in [4.69, 9.17) is 19.5 Å². The van der Waals surface area contributed by atoms with Crippen LogP contribution >= 0.6 is 0 Å². The lowest BCUT2D eigenvalue weighted by Gasteiger charge is -2.13. The van der Waals surface area contributed by atoms with Gasteiger partial charge in [-0.2, -0.15) is 5.26 Å². The van der Waals surface area contributed by atoms with Crippen molar-refractivity contribution in [2.75, 3.05) is 13.7 Å². The van der Waals surface area contributed by atoms with Gasteiger partial charge in [-0.05, 0) is 50.6 Å². The number of benzene rings is 1. The van der Waals surface area contributed by atoms with Crippen molar-refractivity contribution in [3.8, 4) is 11.8 Å². The van der Waals surface area contributed by atoms with E-state index in [0.717, 1.165) is 0 Å². The van der Waals surface area contributed by atoms with Crippen molar-refractivity contribution >= 4 is 17.7 Å². The molecule has 1 heterocycles. The number of ether oxygens (including phenoxy) is 3. The van der Waals surface area contributed by atoms with Gasteiger partial charge in [-0.15, -0.1) is 0 Å². The van der Waals surface area contributed by atoms with E-state index in [2.05, 4.69) is 4.98 Å². The first-order chi connectivity index (χ1) is 13.3. The van der Waals surface area contributed by atoms with Gasteiger partial charge in [0.05, 0.1) is 30.0 Å². The van der Waals surface area contributed by atoms with Gasteiger partial charge in [-0.3, -0.25) is 4.79 Å². The van der Waals surface area contributed by atoms with Gasteiger partial charge in [0, 0.05) is 5.69 Å². The Kier molecular flexibility index (Phi) is 6.55. The maximum Gasteiger partial charge on any atom is 0.344 e. The molecule has 0 spiro atoms. The first-order valence-corrected chi connectivity index (χ1v) is 8.42. The molecule has 0 bridgehead atoms. The number of aryl methyl sites for hydroxylation is 1. The number of hydrogen-bond donors (Lipinski definition) is 1. The van der Waals surface area contributed by atoms with Crippen molar-refractivity contribution in [2.45, 2.75) is 26.9 Å². The normalized spacial score (nSPS) is 11.2. The number of carbonyl (C=O) groups is 3. The molecule has 28 heavy (non-hydrogen) atoms. The first-order valence-electron chi connectivity index (χ1n) is 8.42. The highest BCUT2D eigenvalue weighted by atomic mass is 16.6. The molecular formula is C20H20N2O6.